The summed E-state index contributed by atoms with van der Waals surface area (Å²) in [7, 11) is -3.36. The monoisotopic (exact) mass is 421 g/mol. The fourth-order valence-corrected chi connectivity index (χ4v) is 6.28. The van der Waals surface area contributed by atoms with Crippen LogP contribution in [0.2, 0.25) is 0 Å². The van der Waals surface area contributed by atoms with E-state index >= 15 is 0 Å². The quantitative estimate of drug-likeness (QED) is 0.701. The third kappa shape index (κ3) is 6.03. The van der Waals surface area contributed by atoms with Crippen molar-refractivity contribution in [3.8, 4) is 0 Å². The molecule has 29 heavy (non-hydrogen) atoms. The Morgan fingerprint density at radius 1 is 1.07 bits per heavy atom. The lowest BCUT2D eigenvalue weighted by molar-refractivity contribution is -0.126. The first kappa shape index (κ1) is 22.2. The molecule has 3 rings (SSSR count). The Hall–Kier alpha value is -1.44. The molecule has 0 aromatic heterocycles. The SMILES string of the molecule is CCCS(=O)(=O)N1CCCCC1C(=O)NCC1CCCCN1Cc1ccccc1. The number of piperidine rings is 2. The van der Waals surface area contributed by atoms with Crippen LogP contribution in [0.3, 0.4) is 0 Å². The third-order valence-electron chi connectivity index (χ3n) is 6.07. The number of hydrogen-bond donors (Lipinski definition) is 1. The minimum Gasteiger partial charge on any atom is -0.353 e. The second kappa shape index (κ2) is 10.5. The number of likely N-dealkylation sites (tertiary alicyclic amines) is 1. The number of rotatable bonds is 8. The van der Waals surface area contributed by atoms with Crippen molar-refractivity contribution in [1.29, 1.82) is 0 Å². The van der Waals surface area contributed by atoms with Gasteiger partial charge < -0.3 is 5.32 Å². The normalized spacial score (nSPS) is 24.3. The lowest BCUT2D eigenvalue weighted by Crippen LogP contribution is -2.54. The van der Waals surface area contributed by atoms with Gasteiger partial charge in [-0.1, -0.05) is 50.1 Å². The van der Waals surface area contributed by atoms with E-state index in [2.05, 4.69) is 34.5 Å². The van der Waals surface area contributed by atoms with Gasteiger partial charge in [-0.25, -0.2) is 8.42 Å². The van der Waals surface area contributed by atoms with Crippen LogP contribution in [-0.4, -0.2) is 61.0 Å². The Labute approximate surface area is 175 Å². The van der Waals surface area contributed by atoms with Gasteiger partial charge in [0.2, 0.25) is 15.9 Å². The molecule has 2 aliphatic heterocycles. The second-order valence-corrected chi connectivity index (χ2v) is 10.3. The highest BCUT2D eigenvalue weighted by Crippen LogP contribution is 2.23. The zero-order valence-electron chi connectivity index (χ0n) is 17.6. The summed E-state index contributed by atoms with van der Waals surface area (Å²) in [6.45, 7) is 4.84. The van der Waals surface area contributed by atoms with Gasteiger partial charge in [-0.15, -0.1) is 0 Å². The van der Waals surface area contributed by atoms with Gasteiger partial charge in [0.1, 0.15) is 6.04 Å². The first-order valence-electron chi connectivity index (χ1n) is 11.1. The minimum atomic E-state index is -3.36. The zero-order valence-corrected chi connectivity index (χ0v) is 18.4. The molecule has 0 radical (unpaired) electrons. The van der Waals surface area contributed by atoms with Crippen molar-refractivity contribution in [2.24, 2.45) is 0 Å². The highest BCUT2D eigenvalue weighted by molar-refractivity contribution is 7.89. The van der Waals surface area contributed by atoms with Gasteiger partial charge >= 0.3 is 0 Å². The predicted octanol–water partition coefficient (Wildman–Crippen LogP) is 2.75. The van der Waals surface area contributed by atoms with Gasteiger partial charge in [0, 0.05) is 25.7 Å². The molecular weight excluding hydrogens is 386 g/mol. The van der Waals surface area contributed by atoms with Crippen molar-refractivity contribution >= 4 is 15.9 Å². The molecule has 6 nitrogen and oxygen atoms in total. The lowest BCUT2D eigenvalue weighted by atomic mass is 10.00. The first-order chi connectivity index (χ1) is 14.0. The van der Waals surface area contributed by atoms with Gasteiger partial charge in [0.25, 0.3) is 0 Å². The van der Waals surface area contributed by atoms with Crippen LogP contribution in [0.4, 0.5) is 0 Å². The van der Waals surface area contributed by atoms with Crippen molar-refractivity contribution in [2.45, 2.75) is 70.5 Å². The highest BCUT2D eigenvalue weighted by atomic mass is 32.2. The van der Waals surface area contributed by atoms with Crippen molar-refractivity contribution in [2.75, 3.05) is 25.4 Å². The largest absolute Gasteiger partial charge is 0.353 e. The summed E-state index contributed by atoms with van der Waals surface area (Å²) in [6.07, 6.45) is 6.35. The van der Waals surface area contributed by atoms with Gasteiger partial charge in [-0.05, 0) is 44.2 Å². The molecule has 1 amide bonds. The maximum absolute atomic E-state index is 12.9. The fraction of sp³-hybridized carbons (Fsp3) is 0.682. The standard InChI is InChI=1S/C22H35N3O3S/c1-2-16-29(27,28)25-15-9-7-13-21(25)22(26)23-17-20-12-6-8-14-24(20)18-19-10-4-3-5-11-19/h3-5,10-11,20-21H,2,6-9,12-18H2,1H3,(H,23,26). The van der Waals surface area contributed by atoms with Crippen LogP contribution in [0.25, 0.3) is 0 Å². The Morgan fingerprint density at radius 2 is 1.79 bits per heavy atom. The number of sulfonamides is 1. The first-order valence-corrected chi connectivity index (χ1v) is 12.7. The van der Waals surface area contributed by atoms with Crippen molar-refractivity contribution < 1.29 is 13.2 Å². The number of hydrogen-bond acceptors (Lipinski definition) is 4. The number of nitrogens with one attached hydrogen (secondary N) is 1. The smallest absolute Gasteiger partial charge is 0.238 e. The number of benzene rings is 1. The number of carbonyl (C=O) groups is 1. The summed E-state index contributed by atoms with van der Waals surface area (Å²) in [5.74, 6) is -0.0147. The number of carbonyl (C=O) groups excluding carboxylic acids is 1. The van der Waals surface area contributed by atoms with Gasteiger partial charge in [-0.3, -0.25) is 9.69 Å². The van der Waals surface area contributed by atoms with Gasteiger partial charge in [-0.2, -0.15) is 4.31 Å². The molecule has 2 unspecified atom stereocenters. The molecular formula is C22H35N3O3S. The van der Waals surface area contributed by atoms with Crippen molar-refractivity contribution in [3.05, 3.63) is 35.9 Å². The van der Waals surface area contributed by atoms with E-state index in [0.717, 1.165) is 32.4 Å². The second-order valence-electron chi connectivity index (χ2n) is 8.29. The van der Waals surface area contributed by atoms with Crippen molar-refractivity contribution in [3.63, 3.8) is 0 Å². The Bertz CT molecular complexity index is 754. The minimum absolute atomic E-state index is 0.115. The van der Waals surface area contributed by atoms with E-state index < -0.39 is 16.1 Å². The fourth-order valence-electron chi connectivity index (χ4n) is 4.53. The molecule has 1 aromatic rings. The van der Waals surface area contributed by atoms with E-state index in [1.807, 2.05) is 13.0 Å². The molecule has 2 atom stereocenters. The molecule has 1 aromatic carbocycles. The van der Waals surface area contributed by atoms with Gasteiger partial charge in [0.05, 0.1) is 5.75 Å². The maximum atomic E-state index is 12.9. The summed E-state index contributed by atoms with van der Waals surface area (Å²) in [6, 6.07) is 10.2. The van der Waals surface area contributed by atoms with E-state index in [9.17, 15) is 13.2 Å². The Kier molecular flexibility index (Phi) is 8.09. The van der Waals surface area contributed by atoms with Crippen molar-refractivity contribution in [1.82, 2.24) is 14.5 Å². The average Bonchev–Trinajstić information content (AvgIpc) is 2.73. The molecule has 1 N–H and O–H groups in total. The molecule has 2 saturated heterocycles. The van der Waals surface area contributed by atoms with Crippen LogP contribution in [0.1, 0.15) is 57.4 Å². The summed E-state index contributed by atoms with van der Waals surface area (Å²) in [5.41, 5.74) is 1.29. The predicted molar refractivity (Wildman–Crippen MR) is 116 cm³/mol. The molecule has 2 aliphatic rings. The molecule has 2 heterocycles. The van der Waals surface area contributed by atoms with E-state index in [0.29, 0.717) is 32.0 Å². The molecule has 0 bridgehead atoms. The van der Waals surface area contributed by atoms with E-state index in [4.69, 9.17) is 0 Å². The Balaban J connectivity index is 1.60. The third-order valence-corrected chi connectivity index (χ3v) is 8.14. The Morgan fingerprint density at radius 3 is 2.55 bits per heavy atom. The van der Waals surface area contributed by atoms with Crippen LogP contribution >= 0.6 is 0 Å². The maximum Gasteiger partial charge on any atom is 0.238 e. The zero-order chi connectivity index (χ0) is 20.7. The summed E-state index contributed by atoms with van der Waals surface area (Å²) in [4.78, 5) is 15.4. The molecule has 162 valence electrons. The summed E-state index contributed by atoms with van der Waals surface area (Å²) >= 11 is 0. The van der Waals surface area contributed by atoms with Gasteiger partial charge in [0.15, 0.2) is 0 Å². The summed E-state index contributed by atoms with van der Waals surface area (Å²) < 4.78 is 26.7. The summed E-state index contributed by atoms with van der Waals surface area (Å²) in [5, 5.41) is 3.10. The average molecular weight is 422 g/mol. The lowest BCUT2D eigenvalue weighted by Gasteiger charge is -2.37. The number of amides is 1. The van der Waals surface area contributed by atoms with E-state index in [1.165, 1.54) is 22.7 Å². The van der Waals surface area contributed by atoms with Crippen LogP contribution in [-0.2, 0) is 21.4 Å². The van der Waals surface area contributed by atoms with Crippen LogP contribution in [0.5, 0.6) is 0 Å². The van der Waals surface area contributed by atoms with E-state index in [1.54, 1.807) is 0 Å². The van der Waals surface area contributed by atoms with Crippen LogP contribution in [0.15, 0.2) is 30.3 Å². The van der Waals surface area contributed by atoms with Crippen LogP contribution < -0.4 is 5.32 Å². The molecule has 0 saturated carbocycles. The molecule has 0 spiro atoms. The van der Waals surface area contributed by atoms with Crippen LogP contribution in [0, 0.1) is 0 Å². The number of nitrogens with zero attached hydrogens (tertiary/aromatic N) is 2. The highest BCUT2D eigenvalue weighted by Gasteiger charge is 2.36. The molecule has 7 heteroatoms. The molecule has 0 aliphatic carbocycles. The topological polar surface area (TPSA) is 69.7 Å². The van der Waals surface area contributed by atoms with E-state index in [-0.39, 0.29) is 11.7 Å². The molecule has 2 fully saturated rings.